The van der Waals surface area contributed by atoms with Gasteiger partial charge < -0.3 is 19.9 Å². The molecule has 188 valence electrons. The third-order valence-corrected chi connectivity index (χ3v) is 5.55. The molecule has 0 atom stereocenters. The fourth-order valence-electron chi connectivity index (χ4n) is 3.79. The predicted octanol–water partition coefficient (Wildman–Crippen LogP) is 3.79. The highest BCUT2D eigenvalue weighted by Crippen LogP contribution is 2.26. The van der Waals surface area contributed by atoms with Gasteiger partial charge >= 0.3 is 0 Å². The quantitative estimate of drug-likeness (QED) is 0.346. The molecule has 12 nitrogen and oxygen atoms in total. The number of rotatable bonds is 7. The minimum absolute atomic E-state index is 0.0512. The zero-order chi connectivity index (χ0) is 26.1. The van der Waals surface area contributed by atoms with Crippen LogP contribution >= 0.6 is 0 Å². The minimum Gasteiger partial charge on any atom is -0.439 e. The molecule has 5 rings (SSSR count). The Hall–Kier alpha value is -5.00. The van der Waals surface area contributed by atoms with Gasteiger partial charge in [0.1, 0.15) is 22.8 Å². The van der Waals surface area contributed by atoms with Crippen molar-refractivity contribution in [2.45, 2.75) is 26.8 Å². The van der Waals surface area contributed by atoms with Gasteiger partial charge in [-0.25, -0.2) is 14.6 Å². The molecule has 37 heavy (non-hydrogen) atoms. The fourth-order valence-corrected chi connectivity index (χ4v) is 3.79. The summed E-state index contributed by atoms with van der Waals surface area (Å²) in [5.74, 6) is 1.40. The van der Waals surface area contributed by atoms with E-state index in [2.05, 4.69) is 30.7 Å². The van der Waals surface area contributed by atoms with Gasteiger partial charge in [-0.15, -0.1) is 0 Å². The largest absolute Gasteiger partial charge is 0.439 e. The third kappa shape index (κ3) is 4.89. The van der Waals surface area contributed by atoms with Gasteiger partial charge in [0.2, 0.25) is 17.7 Å². The molecule has 0 aliphatic rings. The number of ether oxygens (including phenoxy) is 1. The lowest BCUT2D eigenvalue weighted by Gasteiger charge is -2.15. The van der Waals surface area contributed by atoms with E-state index in [1.165, 1.54) is 13.1 Å². The first-order valence-corrected chi connectivity index (χ1v) is 11.6. The molecule has 0 aliphatic heterocycles. The first-order valence-electron chi connectivity index (χ1n) is 11.6. The molecule has 5 aromatic rings. The van der Waals surface area contributed by atoms with Crippen molar-refractivity contribution in [2.24, 2.45) is 7.05 Å². The molecular formula is C25H25N9O3. The van der Waals surface area contributed by atoms with E-state index in [0.29, 0.717) is 40.2 Å². The van der Waals surface area contributed by atoms with Gasteiger partial charge in [-0.1, -0.05) is 0 Å². The summed E-state index contributed by atoms with van der Waals surface area (Å²) in [5, 5.41) is 10.1. The second-order valence-corrected chi connectivity index (χ2v) is 8.64. The normalized spacial score (nSPS) is 11.2. The Bertz CT molecular complexity index is 1650. The van der Waals surface area contributed by atoms with Crippen LogP contribution in [0.1, 0.15) is 26.8 Å². The Labute approximate surface area is 211 Å². The van der Waals surface area contributed by atoms with Gasteiger partial charge in [-0.2, -0.15) is 10.1 Å². The smallest absolute Gasteiger partial charge is 0.274 e. The summed E-state index contributed by atoms with van der Waals surface area (Å²) in [7, 11) is 1.80. The summed E-state index contributed by atoms with van der Waals surface area (Å²) in [4.78, 5) is 37.8. The molecular weight excluding hydrogens is 474 g/mol. The van der Waals surface area contributed by atoms with Gasteiger partial charge in [0.05, 0.1) is 5.69 Å². The Morgan fingerprint density at radius 3 is 2.68 bits per heavy atom. The van der Waals surface area contributed by atoms with Gasteiger partial charge in [-0.3, -0.25) is 14.2 Å². The SMILES string of the molecule is CC(=O)Nc1cc(Oc2ccc3nc(Nc4cc(-n5cccn5)cn(C(C)C)c4=O)n(C)c3n2)ccn1. The molecule has 0 saturated heterocycles. The molecule has 0 spiro atoms. The lowest BCUT2D eigenvalue weighted by atomic mass is 10.3. The van der Waals surface area contributed by atoms with Crippen LogP contribution in [0.2, 0.25) is 0 Å². The van der Waals surface area contributed by atoms with Gasteiger partial charge in [0.25, 0.3) is 5.56 Å². The number of carbonyl (C=O) groups excluding carboxylic acids is 1. The van der Waals surface area contributed by atoms with Crippen LogP contribution in [0.25, 0.3) is 16.9 Å². The third-order valence-electron chi connectivity index (χ3n) is 5.55. The maximum atomic E-state index is 13.2. The van der Waals surface area contributed by atoms with E-state index in [1.54, 1.807) is 63.6 Å². The number of anilines is 3. The van der Waals surface area contributed by atoms with E-state index in [1.807, 2.05) is 26.1 Å². The second kappa shape index (κ2) is 9.57. The van der Waals surface area contributed by atoms with Crippen molar-refractivity contribution in [1.82, 2.24) is 33.9 Å². The Balaban J connectivity index is 1.47. The number of nitrogens with one attached hydrogen (secondary N) is 2. The molecule has 0 aromatic carbocycles. The Kier molecular flexibility index (Phi) is 6.14. The first-order chi connectivity index (χ1) is 17.8. The van der Waals surface area contributed by atoms with Crippen LogP contribution in [0.5, 0.6) is 11.6 Å². The number of nitrogens with zero attached hydrogens (tertiary/aromatic N) is 7. The van der Waals surface area contributed by atoms with Gasteiger partial charge in [-0.05, 0) is 38.1 Å². The van der Waals surface area contributed by atoms with E-state index in [4.69, 9.17) is 4.74 Å². The average molecular weight is 500 g/mol. The highest BCUT2D eigenvalue weighted by molar-refractivity contribution is 5.87. The number of hydrogen-bond acceptors (Lipinski definition) is 8. The van der Waals surface area contributed by atoms with Crippen LogP contribution in [0.15, 0.2) is 66.0 Å². The minimum atomic E-state index is -0.227. The number of pyridine rings is 3. The average Bonchev–Trinajstić information content (AvgIpc) is 3.49. The van der Waals surface area contributed by atoms with Crippen molar-refractivity contribution in [1.29, 1.82) is 0 Å². The molecule has 0 aliphatic carbocycles. The summed E-state index contributed by atoms with van der Waals surface area (Å²) in [6.45, 7) is 5.30. The zero-order valence-corrected chi connectivity index (χ0v) is 20.7. The molecule has 0 bridgehead atoms. The number of amides is 1. The Morgan fingerprint density at radius 2 is 1.95 bits per heavy atom. The standard InChI is InChI=1S/C25H25N9O3/c1-15(2)33-14-17(34-11-5-9-27-34)12-20(24(33)36)30-25-29-19-6-7-22(31-23(19)32(25)4)37-18-8-10-26-21(13-18)28-16(3)35/h5-15H,1-4H3,(H,29,30)(H,26,28,35). The van der Waals surface area contributed by atoms with E-state index in [9.17, 15) is 9.59 Å². The van der Waals surface area contributed by atoms with Gasteiger partial charge in [0.15, 0.2) is 5.65 Å². The van der Waals surface area contributed by atoms with Crippen molar-refractivity contribution in [3.8, 4) is 17.3 Å². The zero-order valence-electron chi connectivity index (χ0n) is 20.7. The fraction of sp³-hybridized carbons (Fsp3) is 0.200. The number of carbonyl (C=O) groups is 1. The van der Waals surface area contributed by atoms with Crippen LogP contribution in [-0.4, -0.2) is 39.8 Å². The van der Waals surface area contributed by atoms with Crippen LogP contribution in [0, 0.1) is 0 Å². The van der Waals surface area contributed by atoms with E-state index < -0.39 is 0 Å². The van der Waals surface area contributed by atoms with Crippen LogP contribution < -0.4 is 20.9 Å². The molecule has 0 fully saturated rings. The second-order valence-electron chi connectivity index (χ2n) is 8.64. The number of hydrogen-bond donors (Lipinski definition) is 2. The number of fused-ring (bicyclic) bond motifs is 1. The molecule has 0 unspecified atom stereocenters. The van der Waals surface area contributed by atoms with Crippen molar-refractivity contribution in [3.63, 3.8) is 0 Å². The van der Waals surface area contributed by atoms with Crippen LogP contribution in [0.3, 0.4) is 0 Å². The summed E-state index contributed by atoms with van der Waals surface area (Å²) in [6.07, 6.45) is 6.81. The van der Waals surface area contributed by atoms with Gasteiger partial charge in [0, 0.05) is 56.9 Å². The summed E-state index contributed by atoms with van der Waals surface area (Å²) >= 11 is 0. The summed E-state index contributed by atoms with van der Waals surface area (Å²) < 4.78 is 11.0. The number of aromatic nitrogens is 7. The highest BCUT2D eigenvalue weighted by atomic mass is 16.5. The van der Waals surface area contributed by atoms with Crippen molar-refractivity contribution in [3.05, 3.63) is 71.5 Å². The maximum Gasteiger partial charge on any atom is 0.274 e. The molecule has 5 aromatic heterocycles. The molecule has 12 heteroatoms. The number of imidazole rings is 1. The van der Waals surface area contributed by atoms with Crippen LogP contribution in [0.4, 0.5) is 17.5 Å². The molecule has 2 N–H and O–H groups in total. The van der Waals surface area contributed by atoms with Crippen molar-refractivity contribution < 1.29 is 9.53 Å². The van der Waals surface area contributed by atoms with Crippen molar-refractivity contribution in [2.75, 3.05) is 10.6 Å². The van der Waals surface area contributed by atoms with Crippen molar-refractivity contribution >= 4 is 34.5 Å². The lowest BCUT2D eigenvalue weighted by molar-refractivity contribution is -0.114. The molecule has 1 amide bonds. The Morgan fingerprint density at radius 1 is 1.11 bits per heavy atom. The maximum absolute atomic E-state index is 13.2. The van der Waals surface area contributed by atoms with E-state index in [0.717, 1.165) is 5.69 Å². The van der Waals surface area contributed by atoms with E-state index in [-0.39, 0.29) is 17.5 Å². The van der Waals surface area contributed by atoms with Crippen LogP contribution in [-0.2, 0) is 11.8 Å². The topological polar surface area (TPSA) is 134 Å². The first kappa shape index (κ1) is 23.7. The molecule has 5 heterocycles. The summed E-state index contributed by atoms with van der Waals surface area (Å²) in [5.41, 5.74) is 2.10. The highest BCUT2D eigenvalue weighted by Gasteiger charge is 2.16. The van der Waals surface area contributed by atoms with E-state index >= 15 is 0 Å². The predicted molar refractivity (Wildman–Crippen MR) is 139 cm³/mol. The number of aryl methyl sites for hydroxylation is 1. The summed E-state index contributed by atoms with van der Waals surface area (Å²) in [6, 6.07) is 10.3. The lowest BCUT2D eigenvalue weighted by Crippen LogP contribution is -2.25. The molecule has 0 saturated carbocycles. The monoisotopic (exact) mass is 499 g/mol. The molecule has 0 radical (unpaired) electrons.